The number of amides is 1. The van der Waals surface area contributed by atoms with Crippen LogP contribution in [0.15, 0.2) is 59.7 Å². The van der Waals surface area contributed by atoms with Gasteiger partial charge in [-0.25, -0.2) is 5.43 Å². The van der Waals surface area contributed by atoms with Crippen LogP contribution in [-0.2, 0) is 0 Å². The van der Waals surface area contributed by atoms with Gasteiger partial charge in [0.05, 0.1) is 5.56 Å². The van der Waals surface area contributed by atoms with Crippen molar-refractivity contribution < 1.29 is 9.90 Å². The summed E-state index contributed by atoms with van der Waals surface area (Å²) in [7, 11) is 3.98. The Labute approximate surface area is 135 Å². The molecule has 0 fully saturated rings. The molecular weight excluding hydrogens is 290 g/mol. The predicted octanol–water partition coefficient (Wildman–Crippen LogP) is 2.89. The molecule has 0 saturated carbocycles. The van der Waals surface area contributed by atoms with E-state index in [4.69, 9.17) is 0 Å². The van der Waals surface area contributed by atoms with Crippen molar-refractivity contribution in [3.8, 4) is 5.75 Å². The molecule has 0 aromatic heterocycles. The van der Waals surface area contributed by atoms with Crippen molar-refractivity contribution in [3.63, 3.8) is 0 Å². The van der Waals surface area contributed by atoms with Crippen molar-refractivity contribution in [2.75, 3.05) is 19.0 Å². The van der Waals surface area contributed by atoms with Gasteiger partial charge < -0.3 is 10.0 Å². The highest BCUT2D eigenvalue weighted by Gasteiger charge is 2.08. The summed E-state index contributed by atoms with van der Waals surface area (Å²) in [5, 5.41) is 13.4. The van der Waals surface area contributed by atoms with Crippen molar-refractivity contribution in [1.29, 1.82) is 0 Å². The summed E-state index contributed by atoms with van der Waals surface area (Å²) >= 11 is 0. The number of para-hydroxylation sites is 1. The lowest BCUT2D eigenvalue weighted by atomic mass is 10.2. The van der Waals surface area contributed by atoms with Gasteiger partial charge in [0.1, 0.15) is 5.75 Å². The molecule has 2 aromatic carbocycles. The molecule has 5 heteroatoms. The molecule has 0 bridgehead atoms. The zero-order valence-corrected chi connectivity index (χ0v) is 13.1. The van der Waals surface area contributed by atoms with Crippen molar-refractivity contribution in [2.45, 2.75) is 0 Å². The summed E-state index contributed by atoms with van der Waals surface area (Å²) < 4.78 is 0. The van der Waals surface area contributed by atoms with E-state index in [9.17, 15) is 9.90 Å². The standard InChI is InChI=1S/C18H19N3O2/c1-21(2)15-11-9-14(10-12-15)6-5-13-19-20-18(23)16-7-3-4-8-17(16)22/h3-13,22H,1-2H3,(H,20,23)/b6-5+,19-13+. The lowest BCUT2D eigenvalue weighted by Gasteiger charge is -2.11. The molecule has 0 saturated heterocycles. The quantitative estimate of drug-likeness (QED) is 0.659. The summed E-state index contributed by atoms with van der Waals surface area (Å²) in [6, 6.07) is 14.4. The van der Waals surface area contributed by atoms with E-state index in [1.165, 1.54) is 18.3 Å². The van der Waals surface area contributed by atoms with Gasteiger partial charge in [-0.05, 0) is 35.9 Å². The molecule has 0 aliphatic heterocycles. The second-order valence-corrected chi connectivity index (χ2v) is 5.08. The largest absolute Gasteiger partial charge is 0.507 e. The number of hydrogen-bond donors (Lipinski definition) is 2. The lowest BCUT2D eigenvalue weighted by Crippen LogP contribution is -2.17. The Morgan fingerprint density at radius 1 is 1.13 bits per heavy atom. The van der Waals surface area contributed by atoms with E-state index in [-0.39, 0.29) is 11.3 Å². The maximum atomic E-state index is 11.8. The van der Waals surface area contributed by atoms with Crippen LogP contribution in [0, 0.1) is 0 Å². The molecule has 0 atom stereocenters. The Bertz CT molecular complexity index is 719. The van der Waals surface area contributed by atoms with Gasteiger partial charge in [0.15, 0.2) is 0 Å². The number of phenols is 1. The molecule has 2 rings (SSSR count). The van der Waals surface area contributed by atoms with Gasteiger partial charge in [-0.1, -0.05) is 30.3 Å². The summed E-state index contributed by atoms with van der Waals surface area (Å²) in [6.45, 7) is 0. The second kappa shape index (κ2) is 7.79. The van der Waals surface area contributed by atoms with Gasteiger partial charge >= 0.3 is 0 Å². The Hall–Kier alpha value is -3.08. The van der Waals surface area contributed by atoms with Crippen LogP contribution in [0.3, 0.4) is 0 Å². The third-order valence-corrected chi connectivity index (χ3v) is 3.17. The minimum Gasteiger partial charge on any atom is -0.507 e. The number of aromatic hydroxyl groups is 1. The van der Waals surface area contributed by atoms with Crippen LogP contribution in [0.25, 0.3) is 6.08 Å². The van der Waals surface area contributed by atoms with Gasteiger partial charge in [-0.2, -0.15) is 5.10 Å². The van der Waals surface area contributed by atoms with E-state index >= 15 is 0 Å². The minimum absolute atomic E-state index is 0.0725. The summed E-state index contributed by atoms with van der Waals surface area (Å²) in [5.74, 6) is -0.528. The molecule has 118 valence electrons. The van der Waals surface area contributed by atoms with Gasteiger partial charge in [0, 0.05) is 26.0 Å². The van der Waals surface area contributed by atoms with E-state index in [2.05, 4.69) is 10.5 Å². The van der Waals surface area contributed by atoms with Crippen molar-refractivity contribution in [2.24, 2.45) is 5.10 Å². The lowest BCUT2D eigenvalue weighted by molar-refractivity contribution is 0.0952. The zero-order valence-electron chi connectivity index (χ0n) is 13.1. The first kappa shape index (κ1) is 16.3. The summed E-state index contributed by atoms with van der Waals surface area (Å²) in [6.07, 6.45) is 5.10. The van der Waals surface area contributed by atoms with Crippen LogP contribution >= 0.6 is 0 Å². The third kappa shape index (κ3) is 4.71. The number of carbonyl (C=O) groups is 1. The molecule has 2 aromatic rings. The highest BCUT2D eigenvalue weighted by molar-refractivity contribution is 5.97. The van der Waals surface area contributed by atoms with E-state index in [1.807, 2.05) is 49.3 Å². The van der Waals surface area contributed by atoms with E-state index in [0.29, 0.717) is 0 Å². The normalized spacial score (nSPS) is 11.0. The minimum atomic E-state index is -0.455. The van der Waals surface area contributed by atoms with Crippen LogP contribution < -0.4 is 10.3 Å². The maximum Gasteiger partial charge on any atom is 0.275 e. The number of nitrogens with one attached hydrogen (secondary N) is 1. The smallest absolute Gasteiger partial charge is 0.275 e. The summed E-state index contributed by atoms with van der Waals surface area (Å²) in [4.78, 5) is 13.8. The fourth-order valence-electron chi connectivity index (χ4n) is 1.90. The second-order valence-electron chi connectivity index (χ2n) is 5.08. The van der Waals surface area contributed by atoms with Crippen LogP contribution in [0.4, 0.5) is 5.69 Å². The topological polar surface area (TPSA) is 64.9 Å². The molecule has 2 N–H and O–H groups in total. The number of allylic oxidation sites excluding steroid dienone is 1. The first-order chi connectivity index (χ1) is 11.1. The Morgan fingerprint density at radius 2 is 1.83 bits per heavy atom. The van der Waals surface area contributed by atoms with Gasteiger partial charge in [0.2, 0.25) is 0 Å². The molecule has 0 unspecified atom stereocenters. The number of phenolic OH excluding ortho intramolecular Hbond substituents is 1. The third-order valence-electron chi connectivity index (χ3n) is 3.17. The SMILES string of the molecule is CN(C)c1ccc(/C=C/C=N/NC(=O)c2ccccc2O)cc1. The summed E-state index contributed by atoms with van der Waals surface area (Å²) in [5.41, 5.74) is 4.72. The predicted molar refractivity (Wildman–Crippen MR) is 93.9 cm³/mol. The fourth-order valence-corrected chi connectivity index (χ4v) is 1.90. The molecule has 0 heterocycles. The number of carbonyl (C=O) groups excluding carboxylic acids is 1. The number of hydrogen-bond acceptors (Lipinski definition) is 4. The molecular formula is C18H19N3O2. The molecule has 0 radical (unpaired) electrons. The highest BCUT2D eigenvalue weighted by Crippen LogP contribution is 2.15. The average Bonchev–Trinajstić information content (AvgIpc) is 2.55. The molecule has 0 aliphatic carbocycles. The van der Waals surface area contributed by atoms with Crippen molar-refractivity contribution in [3.05, 3.63) is 65.7 Å². The number of hydrazone groups is 1. The molecule has 5 nitrogen and oxygen atoms in total. The molecule has 0 aliphatic rings. The fraction of sp³-hybridized carbons (Fsp3) is 0.111. The maximum absolute atomic E-state index is 11.8. The van der Waals surface area contributed by atoms with Gasteiger partial charge in [-0.15, -0.1) is 0 Å². The van der Waals surface area contributed by atoms with Crippen LogP contribution in [-0.4, -0.2) is 31.3 Å². The number of nitrogens with zero attached hydrogens (tertiary/aromatic N) is 2. The van der Waals surface area contributed by atoms with Crippen LogP contribution in [0.2, 0.25) is 0 Å². The van der Waals surface area contributed by atoms with Crippen molar-refractivity contribution >= 4 is 23.9 Å². The van der Waals surface area contributed by atoms with E-state index in [0.717, 1.165) is 11.3 Å². The molecule has 1 amide bonds. The Morgan fingerprint density at radius 3 is 2.48 bits per heavy atom. The molecule has 0 spiro atoms. The van der Waals surface area contributed by atoms with E-state index in [1.54, 1.807) is 18.2 Å². The zero-order chi connectivity index (χ0) is 16.7. The first-order valence-corrected chi connectivity index (χ1v) is 7.13. The first-order valence-electron chi connectivity index (χ1n) is 7.13. The van der Waals surface area contributed by atoms with E-state index < -0.39 is 5.91 Å². The number of rotatable bonds is 5. The monoisotopic (exact) mass is 309 g/mol. The highest BCUT2D eigenvalue weighted by atomic mass is 16.3. The number of anilines is 1. The van der Waals surface area contributed by atoms with Crippen LogP contribution in [0.1, 0.15) is 15.9 Å². The van der Waals surface area contributed by atoms with Crippen LogP contribution in [0.5, 0.6) is 5.75 Å². The van der Waals surface area contributed by atoms with Gasteiger partial charge in [0.25, 0.3) is 5.91 Å². The Balaban J connectivity index is 1.89. The van der Waals surface area contributed by atoms with Gasteiger partial charge in [-0.3, -0.25) is 4.79 Å². The Kier molecular flexibility index (Phi) is 5.52. The molecule has 23 heavy (non-hydrogen) atoms. The average molecular weight is 309 g/mol. The van der Waals surface area contributed by atoms with Crippen molar-refractivity contribution in [1.82, 2.24) is 5.43 Å². The number of benzene rings is 2.